The van der Waals surface area contributed by atoms with Gasteiger partial charge < -0.3 is 18.9 Å². The van der Waals surface area contributed by atoms with Gasteiger partial charge in [0.15, 0.2) is 23.1 Å². The van der Waals surface area contributed by atoms with E-state index >= 15 is 0 Å². The van der Waals surface area contributed by atoms with Crippen molar-refractivity contribution >= 4 is 5.91 Å². The number of amides is 1. The van der Waals surface area contributed by atoms with Crippen LogP contribution in [0.1, 0.15) is 35.5 Å². The van der Waals surface area contributed by atoms with Gasteiger partial charge >= 0.3 is 0 Å². The topological polar surface area (TPSA) is 64.8 Å². The molecule has 6 nitrogen and oxygen atoms in total. The van der Waals surface area contributed by atoms with Gasteiger partial charge in [-0.05, 0) is 31.4 Å². The molecule has 0 radical (unpaired) electrons. The number of hydrogen-bond donors (Lipinski definition) is 0. The van der Waals surface area contributed by atoms with Crippen LogP contribution in [0.15, 0.2) is 28.8 Å². The quantitative estimate of drug-likeness (QED) is 0.786. The number of piperidine rings is 1. The maximum Gasteiger partial charge on any atom is 0.276 e. The van der Waals surface area contributed by atoms with E-state index in [0.717, 1.165) is 31.4 Å². The molecule has 1 saturated heterocycles. The molecule has 1 amide bonds. The van der Waals surface area contributed by atoms with Crippen molar-refractivity contribution in [1.82, 2.24) is 10.1 Å². The Hall–Kier alpha value is -2.48. The highest BCUT2D eigenvalue weighted by atomic mass is 19.2. The molecule has 2 heterocycles. The van der Waals surface area contributed by atoms with E-state index in [1.165, 1.54) is 12.1 Å². The lowest BCUT2D eigenvalue weighted by molar-refractivity contribution is 0.0419. The minimum atomic E-state index is -0.995. The van der Waals surface area contributed by atoms with E-state index in [1.807, 2.05) is 0 Å². The van der Waals surface area contributed by atoms with Crippen LogP contribution < -0.4 is 4.74 Å². The van der Waals surface area contributed by atoms with E-state index in [0.29, 0.717) is 18.9 Å². The number of carbonyl (C=O) groups excluding carboxylic acids is 1. The van der Waals surface area contributed by atoms with Crippen molar-refractivity contribution in [3.05, 3.63) is 47.4 Å². The predicted molar refractivity (Wildman–Crippen MR) is 87.7 cm³/mol. The van der Waals surface area contributed by atoms with Crippen molar-refractivity contribution in [2.24, 2.45) is 0 Å². The zero-order valence-corrected chi connectivity index (χ0v) is 14.4. The molecule has 0 bridgehead atoms. The van der Waals surface area contributed by atoms with Gasteiger partial charge in [0.05, 0.1) is 12.6 Å². The molecular formula is C18H20F2N2O4. The number of carbonyl (C=O) groups is 1. The maximum absolute atomic E-state index is 13.2. The first-order valence-electron chi connectivity index (χ1n) is 8.42. The van der Waals surface area contributed by atoms with Gasteiger partial charge in [0.2, 0.25) is 0 Å². The van der Waals surface area contributed by atoms with Crippen LogP contribution in [0.5, 0.6) is 5.75 Å². The SMILES string of the molecule is COCC1CCCCN1C(=O)c1cc(COc2ccc(F)c(F)c2)on1. The summed E-state index contributed by atoms with van der Waals surface area (Å²) in [6.45, 7) is 1.09. The predicted octanol–water partition coefficient (Wildman–Crippen LogP) is 3.17. The zero-order valence-electron chi connectivity index (χ0n) is 14.4. The number of benzene rings is 1. The van der Waals surface area contributed by atoms with E-state index < -0.39 is 11.6 Å². The zero-order chi connectivity index (χ0) is 18.5. The van der Waals surface area contributed by atoms with Crippen molar-refractivity contribution in [3.8, 4) is 5.75 Å². The van der Waals surface area contributed by atoms with E-state index in [4.69, 9.17) is 14.0 Å². The minimum absolute atomic E-state index is 0.0276. The molecule has 1 fully saturated rings. The molecule has 0 spiro atoms. The van der Waals surface area contributed by atoms with Crippen LogP contribution in [0, 0.1) is 11.6 Å². The van der Waals surface area contributed by atoms with Crippen molar-refractivity contribution in [1.29, 1.82) is 0 Å². The number of ether oxygens (including phenoxy) is 2. The van der Waals surface area contributed by atoms with Crippen molar-refractivity contribution < 1.29 is 27.6 Å². The Bertz CT molecular complexity index is 763. The number of aromatic nitrogens is 1. The molecule has 2 aromatic rings. The smallest absolute Gasteiger partial charge is 0.276 e. The largest absolute Gasteiger partial charge is 0.485 e. The van der Waals surface area contributed by atoms with Crippen LogP contribution in [-0.4, -0.2) is 42.3 Å². The van der Waals surface area contributed by atoms with Gasteiger partial charge in [-0.15, -0.1) is 0 Å². The van der Waals surface area contributed by atoms with E-state index in [1.54, 1.807) is 12.0 Å². The number of rotatable bonds is 6. The summed E-state index contributed by atoms with van der Waals surface area (Å²) in [4.78, 5) is 14.4. The number of methoxy groups -OCH3 is 1. The summed E-state index contributed by atoms with van der Waals surface area (Å²) in [6.07, 6.45) is 2.89. The molecule has 1 aromatic heterocycles. The fraction of sp³-hybridized carbons (Fsp3) is 0.444. The molecule has 3 rings (SSSR count). The van der Waals surface area contributed by atoms with Gasteiger partial charge in [-0.3, -0.25) is 4.79 Å². The van der Waals surface area contributed by atoms with E-state index in [2.05, 4.69) is 5.16 Å². The lowest BCUT2D eigenvalue weighted by Gasteiger charge is -2.34. The Balaban J connectivity index is 1.63. The normalized spacial score (nSPS) is 17.3. The highest BCUT2D eigenvalue weighted by Gasteiger charge is 2.29. The third-order valence-electron chi connectivity index (χ3n) is 4.30. The molecule has 0 aliphatic carbocycles. The third-order valence-corrected chi connectivity index (χ3v) is 4.30. The summed E-state index contributed by atoms with van der Waals surface area (Å²) in [5.74, 6) is -1.68. The number of likely N-dealkylation sites (tertiary alicyclic amines) is 1. The molecule has 1 unspecified atom stereocenters. The van der Waals surface area contributed by atoms with Crippen molar-refractivity contribution in [2.75, 3.05) is 20.3 Å². The van der Waals surface area contributed by atoms with Crippen LogP contribution in [0.3, 0.4) is 0 Å². The summed E-state index contributed by atoms with van der Waals surface area (Å²) < 4.78 is 41.7. The average Bonchev–Trinajstić information content (AvgIpc) is 3.12. The molecule has 1 aromatic carbocycles. The second kappa shape index (κ2) is 8.27. The summed E-state index contributed by atoms with van der Waals surface area (Å²) >= 11 is 0. The Kier molecular flexibility index (Phi) is 5.82. The van der Waals surface area contributed by atoms with Gasteiger partial charge in [0, 0.05) is 25.8 Å². The highest BCUT2D eigenvalue weighted by Crippen LogP contribution is 2.21. The van der Waals surface area contributed by atoms with Gasteiger partial charge in [0.25, 0.3) is 5.91 Å². The Morgan fingerprint density at radius 2 is 2.15 bits per heavy atom. The summed E-state index contributed by atoms with van der Waals surface area (Å²) in [6, 6.07) is 4.76. The fourth-order valence-corrected chi connectivity index (χ4v) is 2.98. The minimum Gasteiger partial charge on any atom is -0.485 e. The van der Waals surface area contributed by atoms with Crippen molar-refractivity contribution in [3.63, 3.8) is 0 Å². The molecule has 1 atom stereocenters. The first kappa shape index (κ1) is 18.3. The third kappa shape index (κ3) is 4.19. The molecule has 8 heteroatoms. The lowest BCUT2D eigenvalue weighted by atomic mass is 10.0. The van der Waals surface area contributed by atoms with Crippen LogP contribution in [0.25, 0.3) is 0 Å². The summed E-state index contributed by atoms with van der Waals surface area (Å²) in [5.41, 5.74) is 0.192. The fourth-order valence-electron chi connectivity index (χ4n) is 2.98. The van der Waals surface area contributed by atoms with Crippen LogP contribution in [-0.2, 0) is 11.3 Å². The summed E-state index contributed by atoms with van der Waals surface area (Å²) in [7, 11) is 1.61. The Morgan fingerprint density at radius 3 is 2.92 bits per heavy atom. The van der Waals surface area contributed by atoms with Crippen LogP contribution >= 0.6 is 0 Å². The second-order valence-corrected chi connectivity index (χ2v) is 6.15. The van der Waals surface area contributed by atoms with E-state index in [-0.39, 0.29) is 30.0 Å². The molecule has 0 saturated carbocycles. The second-order valence-electron chi connectivity index (χ2n) is 6.15. The van der Waals surface area contributed by atoms with Gasteiger partial charge in [-0.1, -0.05) is 5.16 Å². The molecule has 26 heavy (non-hydrogen) atoms. The van der Waals surface area contributed by atoms with Gasteiger partial charge in [-0.25, -0.2) is 8.78 Å². The molecule has 1 aliphatic heterocycles. The lowest BCUT2D eigenvalue weighted by Crippen LogP contribution is -2.46. The highest BCUT2D eigenvalue weighted by molar-refractivity contribution is 5.92. The molecule has 0 N–H and O–H groups in total. The molecule has 1 aliphatic rings. The Labute approximate surface area is 149 Å². The van der Waals surface area contributed by atoms with Gasteiger partial charge in [-0.2, -0.15) is 0 Å². The Morgan fingerprint density at radius 1 is 1.31 bits per heavy atom. The van der Waals surface area contributed by atoms with Crippen LogP contribution in [0.4, 0.5) is 8.78 Å². The summed E-state index contributed by atoms with van der Waals surface area (Å²) in [5, 5.41) is 3.81. The number of hydrogen-bond acceptors (Lipinski definition) is 5. The first-order valence-corrected chi connectivity index (χ1v) is 8.42. The van der Waals surface area contributed by atoms with Gasteiger partial charge in [0.1, 0.15) is 12.4 Å². The monoisotopic (exact) mass is 366 g/mol. The molecule has 140 valence electrons. The van der Waals surface area contributed by atoms with Crippen LogP contribution in [0.2, 0.25) is 0 Å². The standard InChI is InChI=1S/C18H20F2N2O4/c1-24-10-12-4-2-3-7-22(12)18(23)17-9-14(26-21-17)11-25-13-5-6-15(19)16(20)8-13/h5-6,8-9,12H,2-4,7,10-11H2,1H3. The number of nitrogens with zero attached hydrogens (tertiary/aromatic N) is 2. The van der Waals surface area contributed by atoms with Crippen molar-refractivity contribution in [2.45, 2.75) is 31.9 Å². The maximum atomic E-state index is 13.2. The first-order chi connectivity index (χ1) is 12.6. The average molecular weight is 366 g/mol. The van der Waals surface area contributed by atoms with E-state index in [9.17, 15) is 13.6 Å². The number of halogens is 2. The molecular weight excluding hydrogens is 346 g/mol.